The molecule has 0 aliphatic rings. The number of rotatable bonds is 4. The molecule has 0 bridgehead atoms. The van der Waals surface area contributed by atoms with E-state index < -0.39 is 0 Å². The Hall–Kier alpha value is -2.66. The molecule has 3 aromatic heterocycles. The van der Waals surface area contributed by atoms with E-state index in [1.54, 1.807) is 23.9 Å². The number of fused-ring (bicyclic) bond motifs is 1. The number of aromatic nitrogens is 2. The maximum atomic E-state index is 5.61. The van der Waals surface area contributed by atoms with Gasteiger partial charge in [0.1, 0.15) is 28.8 Å². The number of nitrogens with one attached hydrogen (secondary N) is 1. The molecule has 0 saturated carbocycles. The number of hydrogen-bond donors (Lipinski definition) is 1. The van der Waals surface area contributed by atoms with Gasteiger partial charge in [-0.15, -0.1) is 11.3 Å². The molecule has 108 valence electrons. The Morgan fingerprint density at radius 1 is 1.00 bits per heavy atom. The smallest absolute Gasteiger partial charge is 0.139 e. The van der Waals surface area contributed by atoms with Crippen LogP contribution in [0.2, 0.25) is 0 Å². The van der Waals surface area contributed by atoms with Crippen molar-refractivity contribution in [3.8, 4) is 0 Å². The monoisotopic (exact) mass is 307 g/mol. The molecule has 5 heteroatoms. The van der Waals surface area contributed by atoms with Crippen molar-refractivity contribution in [1.82, 2.24) is 9.97 Å². The van der Waals surface area contributed by atoms with E-state index in [0.717, 1.165) is 27.4 Å². The van der Waals surface area contributed by atoms with Crippen molar-refractivity contribution >= 4 is 27.4 Å². The molecule has 0 amide bonds. The molecular weight excluding hydrogens is 294 g/mol. The topological polar surface area (TPSA) is 51.0 Å². The van der Waals surface area contributed by atoms with Crippen LogP contribution in [0.4, 0.5) is 5.82 Å². The predicted octanol–water partition coefficient (Wildman–Crippen LogP) is 4.49. The molecule has 0 saturated heterocycles. The summed E-state index contributed by atoms with van der Waals surface area (Å²) in [6.45, 7) is 0. The minimum Gasteiger partial charge on any atom is -0.467 e. The van der Waals surface area contributed by atoms with Crippen molar-refractivity contribution in [3.63, 3.8) is 0 Å². The molecule has 0 spiro atoms. The first-order valence-corrected chi connectivity index (χ1v) is 7.83. The van der Waals surface area contributed by atoms with Crippen LogP contribution in [0.3, 0.4) is 0 Å². The Morgan fingerprint density at radius 2 is 1.91 bits per heavy atom. The fourth-order valence-electron chi connectivity index (χ4n) is 2.46. The summed E-state index contributed by atoms with van der Waals surface area (Å²) in [6.07, 6.45) is 3.28. The van der Waals surface area contributed by atoms with Gasteiger partial charge in [0.2, 0.25) is 0 Å². The third-order valence-electron chi connectivity index (χ3n) is 3.50. The molecule has 0 aliphatic heterocycles. The summed E-state index contributed by atoms with van der Waals surface area (Å²) < 4.78 is 5.61. The average Bonchev–Trinajstić information content (AvgIpc) is 3.25. The van der Waals surface area contributed by atoms with E-state index in [0.29, 0.717) is 0 Å². The Kier molecular flexibility index (Phi) is 3.33. The Balaban J connectivity index is 1.77. The van der Waals surface area contributed by atoms with Gasteiger partial charge in [-0.3, -0.25) is 0 Å². The van der Waals surface area contributed by atoms with Gasteiger partial charge in [0, 0.05) is 0 Å². The largest absolute Gasteiger partial charge is 0.467 e. The van der Waals surface area contributed by atoms with Gasteiger partial charge in [0.25, 0.3) is 0 Å². The molecule has 1 N–H and O–H groups in total. The zero-order chi connectivity index (χ0) is 14.8. The summed E-state index contributed by atoms with van der Waals surface area (Å²) in [5.41, 5.74) is 1.12. The summed E-state index contributed by atoms with van der Waals surface area (Å²) >= 11 is 1.61. The van der Waals surface area contributed by atoms with Crippen molar-refractivity contribution in [2.75, 3.05) is 5.32 Å². The molecule has 22 heavy (non-hydrogen) atoms. The SMILES string of the molecule is c1ccc(C(Nc2ncnc3sccc23)c2ccco2)cc1. The fourth-order valence-corrected chi connectivity index (χ4v) is 3.19. The minimum atomic E-state index is -0.0887. The molecule has 1 unspecified atom stereocenters. The maximum absolute atomic E-state index is 5.61. The third-order valence-corrected chi connectivity index (χ3v) is 4.32. The molecular formula is C17H13N3OS. The lowest BCUT2D eigenvalue weighted by Gasteiger charge is -2.18. The van der Waals surface area contributed by atoms with Crippen LogP contribution in [0.25, 0.3) is 10.2 Å². The highest BCUT2D eigenvalue weighted by Crippen LogP contribution is 2.30. The fraction of sp³-hybridized carbons (Fsp3) is 0.0588. The second-order valence-corrected chi connectivity index (χ2v) is 5.76. The maximum Gasteiger partial charge on any atom is 0.139 e. The van der Waals surface area contributed by atoms with Gasteiger partial charge in [0.05, 0.1) is 11.6 Å². The summed E-state index contributed by atoms with van der Waals surface area (Å²) in [5.74, 6) is 1.67. The number of anilines is 1. The molecule has 1 atom stereocenters. The van der Waals surface area contributed by atoms with Gasteiger partial charge in [0.15, 0.2) is 0 Å². The lowest BCUT2D eigenvalue weighted by atomic mass is 10.0. The second kappa shape index (κ2) is 5.61. The van der Waals surface area contributed by atoms with Crippen LogP contribution >= 0.6 is 11.3 Å². The van der Waals surface area contributed by atoms with Crippen LogP contribution in [0.5, 0.6) is 0 Å². The molecule has 4 rings (SSSR count). The number of benzene rings is 1. The molecule has 0 aliphatic carbocycles. The Morgan fingerprint density at radius 3 is 2.73 bits per heavy atom. The van der Waals surface area contributed by atoms with Crippen LogP contribution in [0, 0.1) is 0 Å². The number of furan rings is 1. The van der Waals surface area contributed by atoms with E-state index in [4.69, 9.17) is 4.42 Å². The van der Waals surface area contributed by atoms with Crippen LogP contribution < -0.4 is 5.32 Å². The van der Waals surface area contributed by atoms with Crippen LogP contribution in [-0.4, -0.2) is 9.97 Å². The Labute approximate surface area is 131 Å². The molecule has 0 fully saturated rings. The molecule has 3 heterocycles. The van der Waals surface area contributed by atoms with Gasteiger partial charge < -0.3 is 9.73 Å². The predicted molar refractivity (Wildman–Crippen MR) is 88.0 cm³/mol. The van der Waals surface area contributed by atoms with Gasteiger partial charge >= 0.3 is 0 Å². The van der Waals surface area contributed by atoms with E-state index >= 15 is 0 Å². The van der Waals surface area contributed by atoms with Crippen LogP contribution in [0.1, 0.15) is 17.4 Å². The van der Waals surface area contributed by atoms with Crippen molar-refractivity contribution < 1.29 is 4.42 Å². The first-order chi connectivity index (χ1) is 10.9. The summed E-state index contributed by atoms with van der Waals surface area (Å²) in [5, 5.41) is 6.54. The summed E-state index contributed by atoms with van der Waals surface area (Å²) in [4.78, 5) is 9.66. The van der Waals surface area contributed by atoms with Gasteiger partial charge in [-0.05, 0) is 29.1 Å². The lowest BCUT2D eigenvalue weighted by molar-refractivity contribution is 0.498. The quantitative estimate of drug-likeness (QED) is 0.603. The van der Waals surface area contributed by atoms with Crippen LogP contribution in [-0.2, 0) is 0 Å². The van der Waals surface area contributed by atoms with E-state index in [9.17, 15) is 0 Å². The van der Waals surface area contributed by atoms with E-state index in [-0.39, 0.29) is 6.04 Å². The van der Waals surface area contributed by atoms with E-state index in [2.05, 4.69) is 27.4 Å². The third kappa shape index (κ3) is 2.35. The first kappa shape index (κ1) is 13.0. The normalized spacial score (nSPS) is 12.4. The zero-order valence-corrected chi connectivity index (χ0v) is 12.5. The highest BCUT2D eigenvalue weighted by molar-refractivity contribution is 7.16. The van der Waals surface area contributed by atoms with Crippen molar-refractivity contribution in [2.24, 2.45) is 0 Å². The first-order valence-electron chi connectivity index (χ1n) is 6.95. The highest BCUT2D eigenvalue weighted by Gasteiger charge is 2.18. The van der Waals surface area contributed by atoms with E-state index in [1.807, 2.05) is 41.8 Å². The standard InChI is InChI=1S/C17H13N3OS/c1-2-5-12(6-3-1)15(14-7-4-9-21-14)20-16-13-8-10-22-17(13)19-11-18-16/h1-11,15H,(H,18,19,20). The van der Waals surface area contributed by atoms with Crippen molar-refractivity contribution in [1.29, 1.82) is 0 Å². The molecule has 4 aromatic rings. The minimum absolute atomic E-state index is 0.0887. The zero-order valence-electron chi connectivity index (χ0n) is 11.6. The molecule has 1 aromatic carbocycles. The van der Waals surface area contributed by atoms with Crippen LogP contribution in [0.15, 0.2) is 70.9 Å². The summed E-state index contributed by atoms with van der Waals surface area (Å²) in [6, 6.07) is 16.0. The van der Waals surface area contributed by atoms with Gasteiger partial charge in [-0.2, -0.15) is 0 Å². The number of nitrogens with zero attached hydrogens (tertiary/aromatic N) is 2. The molecule has 0 radical (unpaired) electrons. The van der Waals surface area contributed by atoms with Gasteiger partial charge in [-0.1, -0.05) is 30.3 Å². The highest BCUT2D eigenvalue weighted by atomic mass is 32.1. The molecule has 4 nitrogen and oxygen atoms in total. The lowest BCUT2D eigenvalue weighted by Crippen LogP contribution is -2.12. The number of thiophene rings is 1. The Bertz CT molecular complexity index is 871. The van der Waals surface area contributed by atoms with Gasteiger partial charge in [-0.25, -0.2) is 9.97 Å². The second-order valence-electron chi connectivity index (χ2n) is 4.87. The van der Waals surface area contributed by atoms with Crippen molar-refractivity contribution in [2.45, 2.75) is 6.04 Å². The van der Waals surface area contributed by atoms with E-state index in [1.165, 1.54) is 0 Å². The average molecular weight is 307 g/mol. The number of hydrogen-bond acceptors (Lipinski definition) is 5. The summed E-state index contributed by atoms with van der Waals surface area (Å²) in [7, 11) is 0. The van der Waals surface area contributed by atoms with Crippen molar-refractivity contribution in [3.05, 3.63) is 77.8 Å².